The second-order valence-electron chi connectivity index (χ2n) is 3.11. The molecule has 1 aliphatic heterocycles. The van der Waals surface area contributed by atoms with Crippen LogP contribution in [0.2, 0.25) is 0 Å². The third-order valence-electron chi connectivity index (χ3n) is 1.97. The summed E-state index contributed by atoms with van der Waals surface area (Å²) in [6.45, 7) is 1.96. The number of carbonyl (C=O) groups is 1. The van der Waals surface area contributed by atoms with Crippen LogP contribution in [0.25, 0.3) is 0 Å². The van der Waals surface area contributed by atoms with Gasteiger partial charge in [0.1, 0.15) is 0 Å². The Morgan fingerprint density at radius 1 is 1.77 bits per heavy atom. The molecule has 5 nitrogen and oxygen atoms in total. The summed E-state index contributed by atoms with van der Waals surface area (Å²) in [5.74, 6) is -0.929. The fourth-order valence-electron chi connectivity index (χ4n) is 1.30. The van der Waals surface area contributed by atoms with Gasteiger partial charge in [0.2, 0.25) is 5.91 Å². The van der Waals surface area contributed by atoms with Crippen molar-refractivity contribution in [2.24, 2.45) is 5.73 Å². The molecule has 0 saturated heterocycles. The van der Waals surface area contributed by atoms with Gasteiger partial charge in [-0.2, -0.15) is 0 Å². The van der Waals surface area contributed by atoms with Crippen LogP contribution in [0, 0.1) is 0 Å². The lowest BCUT2D eigenvalue weighted by atomic mass is 9.79. The molecular formula is C7H13BN2O3. The SMILES string of the molecule is CC(N)C(=O)N1CC=CC1B(O)O. The molecule has 1 heterocycles. The summed E-state index contributed by atoms with van der Waals surface area (Å²) in [5, 5.41) is 17.8. The maximum absolute atomic E-state index is 11.4. The summed E-state index contributed by atoms with van der Waals surface area (Å²) in [6, 6.07) is -0.610. The Bertz CT molecular complexity index is 230. The normalized spacial score (nSPS) is 23.4. The fourth-order valence-corrected chi connectivity index (χ4v) is 1.30. The molecule has 0 radical (unpaired) electrons. The molecule has 1 amide bonds. The van der Waals surface area contributed by atoms with Crippen molar-refractivity contribution in [3.63, 3.8) is 0 Å². The Labute approximate surface area is 77.0 Å². The van der Waals surface area contributed by atoms with E-state index in [0.717, 1.165) is 0 Å². The molecule has 4 N–H and O–H groups in total. The molecule has 2 atom stereocenters. The molecule has 1 rings (SSSR count). The zero-order valence-corrected chi connectivity index (χ0v) is 7.42. The van der Waals surface area contributed by atoms with Gasteiger partial charge >= 0.3 is 7.12 Å². The highest BCUT2D eigenvalue weighted by atomic mass is 16.4. The number of nitrogens with two attached hydrogens (primary N) is 1. The van der Waals surface area contributed by atoms with Gasteiger partial charge in [-0.3, -0.25) is 4.79 Å². The van der Waals surface area contributed by atoms with E-state index in [1.807, 2.05) is 0 Å². The van der Waals surface area contributed by atoms with Gasteiger partial charge in [0.25, 0.3) is 0 Å². The van der Waals surface area contributed by atoms with Crippen molar-refractivity contribution in [3.05, 3.63) is 12.2 Å². The van der Waals surface area contributed by atoms with Crippen molar-refractivity contribution in [2.45, 2.75) is 18.9 Å². The maximum atomic E-state index is 11.4. The lowest BCUT2D eigenvalue weighted by Gasteiger charge is -2.25. The molecule has 0 saturated carbocycles. The topological polar surface area (TPSA) is 86.8 Å². The van der Waals surface area contributed by atoms with Crippen LogP contribution in [0.1, 0.15) is 6.92 Å². The number of nitrogens with zero attached hydrogens (tertiary/aromatic N) is 1. The minimum absolute atomic E-state index is 0.275. The molecule has 0 aromatic heterocycles. The maximum Gasteiger partial charge on any atom is 0.479 e. The average molecular weight is 184 g/mol. The van der Waals surface area contributed by atoms with Crippen molar-refractivity contribution in [1.29, 1.82) is 0 Å². The van der Waals surface area contributed by atoms with E-state index < -0.39 is 19.1 Å². The fraction of sp³-hybridized carbons (Fsp3) is 0.571. The van der Waals surface area contributed by atoms with Crippen LogP contribution in [0.5, 0.6) is 0 Å². The largest absolute Gasteiger partial charge is 0.479 e. The summed E-state index contributed by atoms with van der Waals surface area (Å²) in [6.07, 6.45) is 3.30. The van der Waals surface area contributed by atoms with Crippen LogP contribution in [0.4, 0.5) is 0 Å². The molecule has 6 heteroatoms. The smallest absolute Gasteiger partial charge is 0.426 e. The first-order valence-corrected chi connectivity index (χ1v) is 4.13. The Morgan fingerprint density at radius 3 is 2.85 bits per heavy atom. The highest BCUT2D eigenvalue weighted by Crippen LogP contribution is 2.11. The van der Waals surface area contributed by atoms with Gasteiger partial charge in [-0.15, -0.1) is 0 Å². The van der Waals surface area contributed by atoms with E-state index in [1.165, 1.54) is 4.90 Å². The lowest BCUT2D eigenvalue weighted by Crippen LogP contribution is -2.50. The Morgan fingerprint density at radius 2 is 2.38 bits per heavy atom. The number of hydrogen-bond acceptors (Lipinski definition) is 4. The molecule has 0 aliphatic carbocycles. The number of rotatable bonds is 2. The van der Waals surface area contributed by atoms with Crippen LogP contribution < -0.4 is 5.73 Å². The summed E-state index contributed by atoms with van der Waals surface area (Å²) in [5.41, 5.74) is 5.40. The van der Waals surface area contributed by atoms with E-state index in [-0.39, 0.29) is 5.91 Å². The van der Waals surface area contributed by atoms with E-state index in [9.17, 15) is 4.79 Å². The molecule has 0 spiro atoms. The van der Waals surface area contributed by atoms with Crippen molar-refractivity contribution >= 4 is 13.0 Å². The molecule has 0 fully saturated rings. The number of carbonyl (C=O) groups excluding carboxylic acids is 1. The predicted octanol–water partition coefficient (Wildman–Crippen LogP) is -1.89. The Hall–Kier alpha value is -0.845. The monoisotopic (exact) mass is 184 g/mol. The van der Waals surface area contributed by atoms with Crippen molar-refractivity contribution in [3.8, 4) is 0 Å². The summed E-state index contributed by atoms with van der Waals surface area (Å²) < 4.78 is 0. The molecule has 0 aromatic rings. The van der Waals surface area contributed by atoms with Crippen LogP contribution in [0.15, 0.2) is 12.2 Å². The molecular weight excluding hydrogens is 171 g/mol. The zero-order chi connectivity index (χ0) is 10.0. The van der Waals surface area contributed by atoms with E-state index >= 15 is 0 Å². The quantitative estimate of drug-likeness (QED) is 0.346. The Balaban J connectivity index is 2.66. The minimum Gasteiger partial charge on any atom is -0.426 e. The van der Waals surface area contributed by atoms with Crippen LogP contribution in [-0.4, -0.2) is 46.5 Å². The first-order chi connectivity index (χ1) is 6.04. The average Bonchev–Trinajstić information content (AvgIpc) is 2.50. The molecule has 13 heavy (non-hydrogen) atoms. The molecule has 0 bridgehead atoms. The first-order valence-electron chi connectivity index (χ1n) is 4.13. The van der Waals surface area contributed by atoms with Gasteiger partial charge in [-0.1, -0.05) is 12.2 Å². The van der Waals surface area contributed by atoms with Gasteiger partial charge in [0.15, 0.2) is 0 Å². The molecule has 1 aliphatic rings. The minimum atomic E-state index is -1.54. The van der Waals surface area contributed by atoms with Gasteiger partial charge in [-0.05, 0) is 6.92 Å². The van der Waals surface area contributed by atoms with Crippen LogP contribution in [0.3, 0.4) is 0 Å². The van der Waals surface area contributed by atoms with Crippen LogP contribution in [-0.2, 0) is 4.79 Å². The van der Waals surface area contributed by atoms with Crippen molar-refractivity contribution < 1.29 is 14.8 Å². The standard InChI is InChI=1S/C7H13BN2O3/c1-5(9)7(11)10-4-2-3-6(10)8(12)13/h2-3,5-6,12-13H,4,9H2,1H3. The summed E-state index contributed by atoms with van der Waals surface area (Å²) >= 11 is 0. The van der Waals surface area contributed by atoms with Gasteiger partial charge in [-0.25, -0.2) is 0 Å². The van der Waals surface area contributed by atoms with E-state index in [4.69, 9.17) is 15.8 Å². The first kappa shape index (κ1) is 10.2. The Kier molecular flexibility index (Phi) is 3.08. The van der Waals surface area contributed by atoms with Gasteiger partial charge < -0.3 is 20.7 Å². The highest BCUT2D eigenvalue weighted by molar-refractivity contribution is 6.44. The van der Waals surface area contributed by atoms with Gasteiger partial charge in [0, 0.05) is 6.54 Å². The molecule has 0 aromatic carbocycles. The second-order valence-corrected chi connectivity index (χ2v) is 3.11. The second kappa shape index (κ2) is 3.91. The zero-order valence-electron chi connectivity index (χ0n) is 7.42. The van der Waals surface area contributed by atoms with Gasteiger partial charge in [0.05, 0.1) is 12.0 Å². The molecule has 2 unspecified atom stereocenters. The van der Waals surface area contributed by atoms with E-state index in [2.05, 4.69) is 0 Å². The van der Waals surface area contributed by atoms with Crippen molar-refractivity contribution in [1.82, 2.24) is 4.90 Å². The third kappa shape index (κ3) is 2.09. The van der Waals surface area contributed by atoms with E-state index in [0.29, 0.717) is 6.54 Å². The van der Waals surface area contributed by atoms with Crippen LogP contribution >= 0.6 is 0 Å². The lowest BCUT2D eigenvalue weighted by molar-refractivity contribution is -0.131. The third-order valence-corrected chi connectivity index (χ3v) is 1.97. The molecule has 72 valence electrons. The summed E-state index contributed by atoms with van der Waals surface area (Å²) in [4.78, 5) is 12.7. The number of amides is 1. The predicted molar refractivity (Wildman–Crippen MR) is 48.5 cm³/mol. The van der Waals surface area contributed by atoms with E-state index in [1.54, 1.807) is 19.1 Å². The summed E-state index contributed by atoms with van der Waals surface area (Å²) in [7, 11) is -1.54. The number of hydrogen-bond donors (Lipinski definition) is 3. The van der Waals surface area contributed by atoms with Crippen molar-refractivity contribution in [2.75, 3.05) is 6.54 Å². The highest BCUT2D eigenvalue weighted by Gasteiger charge is 2.34.